The van der Waals surface area contributed by atoms with Gasteiger partial charge < -0.3 is 14.5 Å². The predicted molar refractivity (Wildman–Crippen MR) is 65.2 cm³/mol. The highest BCUT2D eigenvalue weighted by atomic mass is 16.5. The van der Waals surface area contributed by atoms with Crippen LogP contribution in [-0.4, -0.2) is 26.2 Å². The van der Waals surface area contributed by atoms with E-state index in [-0.39, 0.29) is 5.91 Å². The summed E-state index contributed by atoms with van der Waals surface area (Å²) in [4.78, 5) is 11.7. The van der Waals surface area contributed by atoms with Gasteiger partial charge in [-0.25, -0.2) is 0 Å². The molecule has 90 valence electrons. The summed E-state index contributed by atoms with van der Waals surface area (Å²) in [5.74, 6) is 0.123. The van der Waals surface area contributed by atoms with Crippen LogP contribution in [-0.2, 0) is 4.74 Å². The monoisotopic (exact) mass is 233 g/mol. The molecule has 0 bridgehead atoms. The van der Waals surface area contributed by atoms with Crippen LogP contribution >= 0.6 is 0 Å². The summed E-state index contributed by atoms with van der Waals surface area (Å²) in [6, 6.07) is 7.60. The van der Waals surface area contributed by atoms with Crippen molar-refractivity contribution < 1.29 is 13.9 Å². The Balaban J connectivity index is 2.15. The lowest BCUT2D eigenvalue weighted by atomic mass is 10.2. The number of aryl methyl sites for hydroxylation is 1. The molecule has 0 aliphatic rings. The van der Waals surface area contributed by atoms with Crippen molar-refractivity contribution >= 4 is 16.9 Å². The molecule has 0 radical (unpaired) electrons. The summed E-state index contributed by atoms with van der Waals surface area (Å²) >= 11 is 0. The number of hydrogen-bond donors (Lipinski definition) is 1. The van der Waals surface area contributed by atoms with Gasteiger partial charge in [-0.15, -0.1) is 0 Å². The minimum absolute atomic E-state index is 0.212. The zero-order valence-corrected chi connectivity index (χ0v) is 9.95. The van der Waals surface area contributed by atoms with E-state index >= 15 is 0 Å². The molecule has 4 heteroatoms. The zero-order valence-electron chi connectivity index (χ0n) is 9.95. The number of ether oxygens (including phenoxy) is 1. The molecule has 0 unspecified atom stereocenters. The molecule has 2 rings (SSSR count). The summed E-state index contributed by atoms with van der Waals surface area (Å²) in [6.07, 6.45) is 0. The lowest BCUT2D eigenvalue weighted by molar-refractivity contribution is 0.0911. The standard InChI is InChI=1S/C13H15NO3/c1-9-3-4-10-8-12(17-11(10)7-9)13(15)14-5-6-16-2/h3-4,7-8H,5-6H2,1-2H3,(H,14,15). The number of methoxy groups -OCH3 is 1. The van der Waals surface area contributed by atoms with Gasteiger partial charge in [-0.05, 0) is 24.6 Å². The van der Waals surface area contributed by atoms with Gasteiger partial charge in [0.15, 0.2) is 5.76 Å². The minimum atomic E-state index is -0.212. The Bertz CT molecular complexity index is 530. The van der Waals surface area contributed by atoms with E-state index in [1.807, 2.05) is 25.1 Å². The maximum absolute atomic E-state index is 11.7. The van der Waals surface area contributed by atoms with E-state index in [9.17, 15) is 4.79 Å². The first-order valence-electron chi connectivity index (χ1n) is 5.48. The second-order valence-electron chi connectivity index (χ2n) is 3.90. The molecule has 0 fully saturated rings. The molecule has 1 amide bonds. The summed E-state index contributed by atoms with van der Waals surface area (Å²) in [6.45, 7) is 2.96. The first kappa shape index (κ1) is 11.7. The van der Waals surface area contributed by atoms with Crippen LogP contribution < -0.4 is 5.32 Å². The van der Waals surface area contributed by atoms with Gasteiger partial charge in [-0.2, -0.15) is 0 Å². The van der Waals surface area contributed by atoms with Crippen molar-refractivity contribution in [3.05, 3.63) is 35.6 Å². The van der Waals surface area contributed by atoms with Crippen LogP contribution in [0.1, 0.15) is 16.1 Å². The van der Waals surface area contributed by atoms with Crippen molar-refractivity contribution in [3.8, 4) is 0 Å². The van der Waals surface area contributed by atoms with Gasteiger partial charge in [-0.1, -0.05) is 12.1 Å². The van der Waals surface area contributed by atoms with Crippen molar-refractivity contribution in [2.45, 2.75) is 6.92 Å². The highest BCUT2D eigenvalue weighted by Gasteiger charge is 2.11. The molecule has 1 aromatic heterocycles. The molecule has 0 spiro atoms. The predicted octanol–water partition coefficient (Wildman–Crippen LogP) is 2.12. The van der Waals surface area contributed by atoms with Crippen LogP contribution in [0.15, 0.2) is 28.7 Å². The largest absolute Gasteiger partial charge is 0.451 e. The molecule has 1 aromatic carbocycles. The third-order valence-electron chi connectivity index (χ3n) is 2.49. The number of nitrogens with one attached hydrogen (secondary N) is 1. The lowest BCUT2D eigenvalue weighted by Crippen LogP contribution is -2.26. The van der Waals surface area contributed by atoms with Crippen molar-refractivity contribution in [3.63, 3.8) is 0 Å². The zero-order chi connectivity index (χ0) is 12.3. The quantitative estimate of drug-likeness (QED) is 0.823. The summed E-state index contributed by atoms with van der Waals surface area (Å²) in [5, 5.41) is 3.66. The third kappa shape index (κ3) is 2.65. The number of hydrogen-bond acceptors (Lipinski definition) is 3. The number of rotatable bonds is 4. The van der Waals surface area contributed by atoms with Gasteiger partial charge in [0.25, 0.3) is 5.91 Å². The van der Waals surface area contributed by atoms with Gasteiger partial charge in [0.1, 0.15) is 5.58 Å². The Morgan fingerprint density at radius 2 is 2.24 bits per heavy atom. The normalized spacial score (nSPS) is 10.7. The number of fused-ring (bicyclic) bond motifs is 1. The second-order valence-corrected chi connectivity index (χ2v) is 3.90. The molecular formula is C13H15NO3. The van der Waals surface area contributed by atoms with E-state index < -0.39 is 0 Å². The number of furan rings is 1. The lowest BCUT2D eigenvalue weighted by Gasteiger charge is -2.00. The molecule has 0 aliphatic carbocycles. The van der Waals surface area contributed by atoms with E-state index in [0.717, 1.165) is 16.5 Å². The Morgan fingerprint density at radius 3 is 3.00 bits per heavy atom. The fraction of sp³-hybridized carbons (Fsp3) is 0.308. The van der Waals surface area contributed by atoms with Crippen LogP contribution in [0, 0.1) is 6.92 Å². The van der Waals surface area contributed by atoms with Crippen LogP contribution in [0.3, 0.4) is 0 Å². The third-order valence-corrected chi connectivity index (χ3v) is 2.49. The summed E-state index contributed by atoms with van der Waals surface area (Å²) < 4.78 is 10.3. The Morgan fingerprint density at radius 1 is 1.41 bits per heavy atom. The maximum atomic E-state index is 11.7. The number of benzene rings is 1. The van der Waals surface area contributed by atoms with Crippen LogP contribution in [0.25, 0.3) is 11.0 Å². The van der Waals surface area contributed by atoms with Gasteiger partial charge in [-0.3, -0.25) is 4.79 Å². The van der Waals surface area contributed by atoms with Crippen molar-refractivity contribution in [1.29, 1.82) is 0 Å². The first-order valence-corrected chi connectivity index (χ1v) is 5.48. The molecule has 0 saturated heterocycles. The van der Waals surface area contributed by atoms with Gasteiger partial charge in [0, 0.05) is 19.0 Å². The van der Waals surface area contributed by atoms with Crippen LogP contribution in [0.4, 0.5) is 0 Å². The van der Waals surface area contributed by atoms with Gasteiger partial charge in [0.2, 0.25) is 0 Å². The maximum Gasteiger partial charge on any atom is 0.287 e. The van der Waals surface area contributed by atoms with Crippen LogP contribution in [0.2, 0.25) is 0 Å². The van der Waals surface area contributed by atoms with E-state index in [2.05, 4.69) is 5.32 Å². The smallest absolute Gasteiger partial charge is 0.287 e. The Hall–Kier alpha value is -1.81. The molecule has 1 N–H and O–H groups in total. The molecule has 2 aromatic rings. The average Bonchev–Trinajstić information content (AvgIpc) is 2.72. The van der Waals surface area contributed by atoms with E-state index in [1.54, 1.807) is 13.2 Å². The molecule has 1 heterocycles. The highest BCUT2D eigenvalue weighted by Crippen LogP contribution is 2.20. The van der Waals surface area contributed by atoms with E-state index in [1.165, 1.54) is 0 Å². The van der Waals surface area contributed by atoms with E-state index in [4.69, 9.17) is 9.15 Å². The molecule has 17 heavy (non-hydrogen) atoms. The molecule has 0 atom stereocenters. The van der Waals surface area contributed by atoms with Crippen molar-refractivity contribution in [2.24, 2.45) is 0 Å². The molecule has 0 aliphatic heterocycles. The van der Waals surface area contributed by atoms with Gasteiger partial charge in [0.05, 0.1) is 6.61 Å². The Labute approximate surface area is 99.6 Å². The fourth-order valence-electron chi connectivity index (χ4n) is 1.60. The second kappa shape index (κ2) is 5.01. The molecule has 0 saturated carbocycles. The van der Waals surface area contributed by atoms with E-state index in [0.29, 0.717) is 18.9 Å². The first-order chi connectivity index (χ1) is 8.20. The number of carbonyl (C=O) groups is 1. The summed E-state index contributed by atoms with van der Waals surface area (Å²) in [5.41, 5.74) is 1.85. The minimum Gasteiger partial charge on any atom is -0.451 e. The topological polar surface area (TPSA) is 51.5 Å². The molecule has 4 nitrogen and oxygen atoms in total. The fourth-order valence-corrected chi connectivity index (χ4v) is 1.60. The number of carbonyl (C=O) groups excluding carboxylic acids is 1. The average molecular weight is 233 g/mol. The summed E-state index contributed by atoms with van der Waals surface area (Å²) in [7, 11) is 1.59. The van der Waals surface area contributed by atoms with Crippen LogP contribution in [0.5, 0.6) is 0 Å². The number of amides is 1. The SMILES string of the molecule is COCCNC(=O)c1cc2ccc(C)cc2o1. The Kier molecular flexibility index (Phi) is 3.44. The molecular weight excluding hydrogens is 218 g/mol. The highest BCUT2D eigenvalue weighted by molar-refractivity contribution is 5.96. The van der Waals surface area contributed by atoms with Crippen molar-refractivity contribution in [1.82, 2.24) is 5.32 Å². The van der Waals surface area contributed by atoms with Crippen molar-refractivity contribution in [2.75, 3.05) is 20.3 Å². The van der Waals surface area contributed by atoms with Gasteiger partial charge >= 0.3 is 0 Å².